The van der Waals surface area contributed by atoms with Crippen LogP contribution in [0.15, 0.2) is 18.2 Å². The molecule has 0 atom stereocenters. The molecule has 0 unspecified atom stereocenters. The van der Waals surface area contributed by atoms with Crippen LogP contribution in [-0.2, 0) is 11.2 Å². The van der Waals surface area contributed by atoms with Crippen molar-refractivity contribution in [3.63, 3.8) is 0 Å². The minimum absolute atomic E-state index is 0.0244. The average Bonchev–Trinajstić information content (AvgIpc) is 2.26. The second-order valence-corrected chi connectivity index (χ2v) is 4.73. The van der Waals surface area contributed by atoms with Gasteiger partial charge in [0.2, 0.25) is 0 Å². The van der Waals surface area contributed by atoms with E-state index in [9.17, 15) is 14.0 Å². The third-order valence-corrected chi connectivity index (χ3v) is 2.55. The fraction of sp³-hybridized carbons (Fsp3) is 0.429. The van der Waals surface area contributed by atoms with Gasteiger partial charge in [-0.15, -0.1) is 0 Å². The van der Waals surface area contributed by atoms with E-state index in [4.69, 9.17) is 5.11 Å². The van der Waals surface area contributed by atoms with E-state index in [1.807, 2.05) is 13.8 Å². The van der Waals surface area contributed by atoms with Crippen LogP contribution in [0, 0.1) is 11.7 Å². The maximum absolute atomic E-state index is 13.5. The molecule has 0 saturated carbocycles. The molecule has 0 aliphatic heterocycles. The number of carboxylic acids is 1. The van der Waals surface area contributed by atoms with E-state index in [-0.39, 0.29) is 23.7 Å². The summed E-state index contributed by atoms with van der Waals surface area (Å²) in [6, 6.07) is 4.21. The summed E-state index contributed by atoms with van der Waals surface area (Å²) in [6.45, 7) is 3.79. The van der Waals surface area contributed by atoms with Crippen molar-refractivity contribution in [2.75, 3.05) is 0 Å². The molecule has 0 spiro atoms. The highest BCUT2D eigenvalue weighted by molar-refractivity contribution is 5.96. The minimum Gasteiger partial charge on any atom is -0.481 e. The summed E-state index contributed by atoms with van der Waals surface area (Å²) < 4.78 is 13.5. The van der Waals surface area contributed by atoms with Gasteiger partial charge in [0.15, 0.2) is 5.78 Å². The number of rotatable bonds is 6. The highest BCUT2D eigenvalue weighted by Gasteiger charge is 2.14. The average molecular weight is 252 g/mol. The topological polar surface area (TPSA) is 54.4 Å². The zero-order valence-corrected chi connectivity index (χ0v) is 10.6. The van der Waals surface area contributed by atoms with Crippen LogP contribution >= 0.6 is 0 Å². The molecular weight excluding hydrogens is 235 g/mol. The van der Waals surface area contributed by atoms with Crippen molar-refractivity contribution in [1.82, 2.24) is 0 Å². The number of aliphatic carboxylic acids is 1. The Morgan fingerprint density at radius 1 is 1.33 bits per heavy atom. The smallest absolute Gasteiger partial charge is 0.303 e. The Bertz CT molecular complexity index is 452. The van der Waals surface area contributed by atoms with Crippen molar-refractivity contribution < 1.29 is 19.1 Å². The molecule has 1 aromatic rings. The lowest BCUT2D eigenvalue weighted by Gasteiger charge is -2.07. The predicted octanol–water partition coefficient (Wildman–Crippen LogP) is 3.07. The number of Topliss-reactive ketones (excluding diaryl/α,β-unsaturated/α-hetero) is 1. The Labute approximate surface area is 106 Å². The Morgan fingerprint density at radius 2 is 2.00 bits per heavy atom. The summed E-state index contributed by atoms with van der Waals surface area (Å²) in [5, 5.41) is 8.59. The second kappa shape index (κ2) is 6.28. The first-order chi connectivity index (χ1) is 8.40. The van der Waals surface area contributed by atoms with E-state index in [1.165, 1.54) is 18.2 Å². The molecule has 1 rings (SSSR count). The summed E-state index contributed by atoms with van der Waals surface area (Å²) in [5.41, 5.74) is 0.734. The molecule has 4 heteroatoms. The molecular formula is C14H17FO3. The molecule has 0 radical (unpaired) electrons. The predicted molar refractivity (Wildman–Crippen MR) is 66.1 cm³/mol. The van der Waals surface area contributed by atoms with E-state index in [1.54, 1.807) is 0 Å². The molecule has 0 aliphatic rings. The molecule has 0 heterocycles. The first kappa shape index (κ1) is 14.4. The molecule has 0 aliphatic carbocycles. The van der Waals surface area contributed by atoms with Crippen LogP contribution < -0.4 is 0 Å². The van der Waals surface area contributed by atoms with Crippen molar-refractivity contribution in [1.29, 1.82) is 0 Å². The van der Waals surface area contributed by atoms with E-state index in [0.29, 0.717) is 18.4 Å². The van der Waals surface area contributed by atoms with Gasteiger partial charge in [0.25, 0.3) is 0 Å². The van der Waals surface area contributed by atoms with Gasteiger partial charge in [-0.1, -0.05) is 19.9 Å². The summed E-state index contributed by atoms with van der Waals surface area (Å²) in [5.74, 6) is -1.52. The molecule has 3 nitrogen and oxygen atoms in total. The van der Waals surface area contributed by atoms with Crippen molar-refractivity contribution in [2.45, 2.75) is 33.1 Å². The molecule has 0 fully saturated rings. The highest BCUT2D eigenvalue weighted by atomic mass is 19.1. The summed E-state index contributed by atoms with van der Waals surface area (Å²) in [6.07, 6.45) is 0.570. The number of carbonyl (C=O) groups excluding carboxylic acids is 1. The van der Waals surface area contributed by atoms with Gasteiger partial charge in [-0.2, -0.15) is 0 Å². The summed E-state index contributed by atoms with van der Waals surface area (Å²) in [7, 11) is 0. The summed E-state index contributed by atoms with van der Waals surface area (Å²) >= 11 is 0. The van der Waals surface area contributed by atoms with Crippen LogP contribution in [0.2, 0.25) is 0 Å². The third-order valence-electron chi connectivity index (χ3n) is 2.55. The number of halogens is 1. The number of hydrogen-bond donors (Lipinski definition) is 1. The lowest BCUT2D eigenvalue weighted by Crippen LogP contribution is -2.07. The van der Waals surface area contributed by atoms with E-state index in [2.05, 4.69) is 0 Å². The quantitative estimate of drug-likeness (QED) is 0.791. The van der Waals surface area contributed by atoms with Gasteiger partial charge < -0.3 is 5.11 Å². The van der Waals surface area contributed by atoms with E-state index >= 15 is 0 Å². The van der Waals surface area contributed by atoms with Gasteiger partial charge in [-0.25, -0.2) is 4.39 Å². The molecule has 1 aromatic carbocycles. The zero-order valence-electron chi connectivity index (χ0n) is 10.6. The van der Waals surface area contributed by atoms with Gasteiger partial charge in [-0.05, 0) is 30.0 Å². The Morgan fingerprint density at radius 3 is 2.56 bits per heavy atom. The van der Waals surface area contributed by atoms with Gasteiger partial charge in [0, 0.05) is 12.8 Å². The maximum atomic E-state index is 13.5. The largest absolute Gasteiger partial charge is 0.481 e. The highest BCUT2D eigenvalue weighted by Crippen LogP contribution is 2.16. The van der Waals surface area contributed by atoms with Gasteiger partial charge in [0.05, 0.1) is 5.56 Å². The van der Waals surface area contributed by atoms with Crippen molar-refractivity contribution >= 4 is 11.8 Å². The van der Waals surface area contributed by atoms with Crippen molar-refractivity contribution in [3.05, 3.63) is 35.1 Å². The first-order valence-electron chi connectivity index (χ1n) is 5.93. The molecule has 18 heavy (non-hydrogen) atoms. The Balaban J connectivity index is 2.87. The van der Waals surface area contributed by atoms with Crippen LogP contribution in [0.4, 0.5) is 4.39 Å². The molecule has 0 amide bonds. The monoisotopic (exact) mass is 252 g/mol. The van der Waals surface area contributed by atoms with Crippen molar-refractivity contribution in [3.8, 4) is 0 Å². The minimum atomic E-state index is -0.908. The normalized spacial score (nSPS) is 10.7. The van der Waals surface area contributed by atoms with Crippen LogP contribution in [0.1, 0.15) is 42.6 Å². The van der Waals surface area contributed by atoms with Crippen LogP contribution in [0.5, 0.6) is 0 Å². The number of carbonyl (C=O) groups is 2. The second-order valence-electron chi connectivity index (χ2n) is 4.73. The Kier molecular flexibility index (Phi) is 5.01. The molecule has 0 bridgehead atoms. The molecule has 1 N–H and O–H groups in total. The standard InChI is InChI=1S/C14H17FO3/c1-9(2)7-13(16)11-8-10(3-5-12(11)15)4-6-14(17)18/h3,5,8-9H,4,6-7H2,1-2H3,(H,17,18). The lowest BCUT2D eigenvalue weighted by molar-refractivity contribution is -0.136. The zero-order chi connectivity index (χ0) is 13.7. The Hall–Kier alpha value is -1.71. The lowest BCUT2D eigenvalue weighted by atomic mass is 9.98. The molecule has 0 aromatic heterocycles. The number of benzene rings is 1. The van der Waals surface area contributed by atoms with Gasteiger partial charge in [-0.3, -0.25) is 9.59 Å². The molecule has 98 valence electrons. The van der Waals surface area contributed by atoms with Gasteiger partial charge >= 0.3 is 5.97 Å². The maximum Gasteiger partial charge on any atom is 0.303 e. The summed E-state index contributed by atoms with van der Waals surface area (Å²) in [4.78, 5) is 22.3. The SMILES string of the molecule is CC(C)CC(=O)c1cc(CCC(=O)O)ccc1F. The van der Waals surface area contributed by atoms with Crippen LogP contribution in [0.3, 0.4) is 0 Å². The van der Waals surface area contributed by atoms with Crippen LogP contribution in [-0.4, -0.2) is 16.9 Å². The third kappa shape index (κ3) is 4.28. The number of hydrogen-bond acceptors (Lipinski definition) is 2. The molecule has 0 saturated heterocycles. The van der Waals surface area contributed by atoms with E-state index < -0.39 is 11.8 Å². The van der Waals surface area contributed by atoms with Crippen molar-refractivity contribution in [2.24, 2.45) is 5.92 Å². The van der Waals surface area contributed by atoms with Gasteiger partial charge in [0.1, 0.15) is 5.82 Å². The first-order valence-corrected chi connectivity index (χ1v) is 5.93. The van der Waals surface area contributed by atoms with E-state index in [0.717, 1.165) is 0 Å². The fourth-order valence-electron chi connectivity index (χ4n) is 1.67. The van der Waals surface area contributed by atoms with Crippen LogP contribution in [0.25, 0.3) is 0 Å². The number of carboxylic acid groups (broad SMARTS) is 1. The number of ketones is 1. The fourth-order valence-corrected chi connectivity index (χ4v) is 1.67. The number of aryl methyl sites for hydroxylation is 1.